The smallest absolute Gasteiger partial charge is 0.155 e. The summed E-state index contributed by atoms with van der Waals surface area (Å²) in [7, 11) is 0. The van der Waals surface area contributed by atoms with Crippen molar-refractivity contribution < 1.29 is 4.79 Å². The molecule has 0 N–H and O–H groups in total. The SMILES string of the molecule is CC(C)C1C2CCC(=O)C=C2CC[C@@H]1C. The van der Waals surface area contributed by atoms with Gasteiger partial charge in [-0.1, -0.05) is 26.3 Å². The summed E-state index contributed by atoms with van der Waals surface area (Å²) in [5.41, 5.74) is 1.46. The van der Waals surface area contributed by atoms with E-state index < -0.39 is 0 Å². The van der Waals surface area contributed by atoms with Crippen molar-refractivity contribution in [1.82, 2.24) is 0 Å². The van der Waals surface area contributed by atoms with Crippen molar-refractivity contribution in [2.75, 3.05) is 0 Å². The number of rotatable bonds is 1. The highest BCUT2D eigenvalue weighted by Gasteiger charge is 2.37. The lowest BCUT2D eigenvalue weighted by atomic mass is 9.63. The quantitative estimate of drug-likeness (QED) is 0.640. The molecule has 2 unspecified atom stereocenters. The standard InChI is InChI=1S/C14H22O/c1-9(2)14-10(3)4-5-11-8-12(15)6-7-13(11)14/h8-10,13-14H,4-7H2,1-3H3/t10-,13?,14?/m0/s1. The monoisotopic (exact) mass is 206 g/mol. The Balaban J connectivity index is 2.24. The second-order valence-electron chi connectivity index (χ2n) is 5.67. The van der Waals surface area contributed by atoms with Gasteiger partial charge in [0, 0.05) is 6.42 Å². The minimum Gasteiger partial charge on any atom is -0.295 e. The van der Waals surface area contributed by atoms with Gasteiger partial charge in [0.25, 0.3) is 0 Å². The zero-order chi connectivity index (χ0) is 11.0. The first-order valence-electron chi connectivity index (χ1n) is 6.33. The predicted octanol–water partition coefficient (Wildman–Crippen LogP) is 3.59. The van der Waals surface area contributed by atoms with E-state index in [9.17, 15) is 4.79 Å². The molecule has 2 aliphatic rings. The first-order valence-corrected chi connectivity index (χ1v) is 6.33. The van der Waals surface area contributed by atoms with Gasteiger partial charge in [0.15, 0.2) is 5.78 Å². The van der Waals surface area contributed by atoms with Crippen molar-refractivity contribution in [3.63, 3.8) is 0 Å². The van der Waals surface area contributed by atoms with Crippen LogP contribution in [-0.4, -0.2) is 5.78 Å². The minimum absolute atomic E-state index is 0.360. The number of hydrogen-bond donors (Lipinski definition) is 0. The summed E-state index contributed by atoms with van der Waals surface area (Å²) in [5.74, 6) is 3.46. The summed E-state index contributed by atoms with van der Waals surface area (Å²) in [6, 6.07) is 0. The fourth-order valence-corrected chi connectivity index (χ4v) is 3.67. The molecule has 3 atom stereocenters. The van der Waals surface area contributed by atoms with Crippen LogP contribution in [0.3, 0.4) is 0 Å². The highest BCUT2D eigenvalue weighted by atomic mass is 16.1. The Morgan fingerprint density at radius 2 is 2.00 bits per heavy atom. The molecule has 0 heterocycles. The molecule has 0 bridgehead atoms. The van der Waals surface area contributed by atoms with Crippen LogP contribution in [0, 0.1) is 23.7 Å². The Labute approximate surface area is 92.9 Å². The van der Waals surface area contributed by atoms with E-state index in [-0.39, 0.29) is 0 Å². The molecule has 0 saturated heterocycles. The Bertz CT molecular complexity index is 288. The van der Waals surface area contributed by atoms with E-state index in [1.54, 1.807) is 0 Å². The Morgan fingerprint density at radius 3 is 2.67 bits per heavy atom. The van der Waals surface area contributed by atoms with Gasteiger partial charge in [0.05, 0.1) is 0 Å². The van der Waals surface area contributed by atoms with E-state index in [1.165, 1.54) is 18.4 Å². The Hall–Kier alpha value is -0.590. The molecular weight excluding hydrogens is 184 g/mol. The van der Waals surface area contributed by atoms with Crippen molar-refractivity contribution in [3.8, 4) is 0 Å². The van der Waals surface area contributed by atoms with Gasteiger partial charge in [0.2, 0.25) is 0 Å². The normalized spacial score (nSPS) is 36.4. The van der Waals surface area contributed by atoms with Crippen molar-refractivity contribution in [2.45, 2.75) is 46.5 Å². The van der Waals surface area contributed by atoms with Crippen molar-refractivity contribution in [1.29, 1.82) is 0 Å². The molecule has 1 nitrogen and oxygen atoms in total. The summed E-state index contributed by atoms with van der Waals surface area (Å²) < 4.78 is 0. The van der Waals surface area contributed by atoms with Gasteiger partial charge >= 0.3 is 0 Å². The molecule has 2 aliphatic carbocycles. The van der Waals surface area contributed by atoms with Gasteiger partial charge < -0.3 is 0 Å². The van der Waals surface area contributed by atoms with Crippen molar-refractivity contribution in [2.24, 2.45) is 23.7 Å². The maximum Gasteiger partial charge on any atom is 0.155 e. The van der Waals surface area contributed by atoms with Crippen LogP contribution in [0.25, 0.3) is 0 Å². The average Bonchev–Trinajstić information content (AvgIpc) is 2.17. The summed E-state index contributed by atoms with van der Waals surface area (Å²) >= 11 is 0. The van der Waals surface area contributed by atoms with Crippen molar-refractivity contribution in [3.05, 3.63) is 11.6 Å². The zero-order valence-electron chi connectivity index (χ0n) is 10.1. The molecule has 0 aromatic rings. The van der Waals surface area contributed by atoms with Crippen LogP contribution in [0.2, 0.25) is 0 Å². The molecule has 0 aromatic heterocycles. The second kappa shape index (κ2) is 4.11. The predicted molar refractivity (Wildman–Crippen MR) is 62.5 cm³/mol. The van der Waals surface area contributed by atoms with E-state index in [4.69, 9.17) is 0 Å². The third-order valence-electron chi connectivity index (χ3n) is 4.30. The van der Waals surface area contributed by atoms with Gasteiger partial charge in [0.1, 0.15) is 0 Å². The van der Waals surface area contributed by atoms with Crippen LogP contribution in [0.4, 0.5) is 0 Å². The van der Waals surface area contributed by atoms with Crippen LogP contribution in [0.5, 0.6) is 0 Å². The largest absolute Gasteiger partial charge is 0.295 e. The first-order chi connectivity index (χ1) is 7.09. The van der Waals surface area contributed by atoms with E-state index in [0.29, 0.717) is 11.7 Å². The topological polar surface area (TPSA) is 17.1 Å². The number of ketones is 1. The molecule has 1 heteroatoms. The lowest BCUT2D eigenvalue weighted by Crippen LogP contribution is -2.34. The van der Waals surface area contributed by atoms with Crippen LogP contribution >= 0.6 is 0 Å². The van der Waals surface area contributed by atoms with Gasteiger partial charge in [-0.25, -0.2) is 0 Å². The summed E-state index contributed by atoms with van der Waals surface area (Å²) in [6.45, 7) is 7.05. The molecule has 0 spiro atoms. The van der Waals surface area contributed by atoms with Crippen molar-refractivity contribution >= 4 is 5.78 Å². The summed E-state index contributed by atoms with van der Waals surface area (Å²) in [4.78, 5) is 11.4. The van der Waals surface area contributed by atoms with Crippen LogP contribution in [0.15, 0.2) is 11.6 Å². The maximum atomic E-state index is 11.4. The molecular formula is C14H22O. The van der Waals surface area contributed by atoms with Gasteiger partial charge in [-0.2, -0.15) is 0 Å². The highest BCUT2D eigenvalue weighted by molar-refractivity contribution is 5.91. The molecule has 84 valence electrons. The molecule has 0 aliphatic heterocycles. The minimum atomic E-state index is 0.360. The Morgan fingerprint density at radius 1 is 1.27 bits per heavy atom. The number of allylic oxidation sites excluding steroid dienone is 2. The fraction of sp³-hybridized carbons (Fsp3) is 0.786. The van der Waals surface area contributed by atoms with E-state index in [2.05, 4.69) is 20.8 Å². The fourth-order valence-electron chi connectivity index (χ4n) is 3.67. The molecule has 0 aromatic carbocycles. The lowest BCUT2D eigenvalue weighted by Gasteiger charge is -2.42. The van der Waals surface area contributed by atoms with Gasteiger partial charge in [-0.05, 0) is 49.0 Å². The van der Waals surface area contributed by atoms with Gasteiger partial charge in [-0.3, -0.25) is 4.79 Å². The zero-order valence-corrected chi connectivity index (χ0v) is 10.1. The average molecular weight is 206 g/mol. The van der Waals surface area contributed by atoms with E-state index >= 15 is 0 Å². The van der Waals surface area contributed by atoms with Crippen LogP contribution in [-0.2, 0) is 4.79 Å². The molecule has 15 heavy (non-hydrogen) atoms. The van der Waals surface area contributed by atoms with E-state index in [0.717, 1.165) is 30.6 Å². The third-order valence-corrected chi connectivity index (χ3v) is 4.30. The van der Waals surface area contributed by atoms with Gasteiger partial charge in [-0.15, -0.1) is 0 Å². The maximum absolute atomic E-state index is 11.4. The van der Waals surface area contributed by atoms with E-state index in [1.807, 2.05) is 6.08 Å². The number of fused-ring (bicyclic) bond motifs is 1. The third kappa shape index (κ3) is 2.02. The molecule has 2 rings (SSSR count). The first kappa shape index (κ1) is 10.9. The Kier molecular flexibility index (Phi) is 2.99. The number of hydrogen-bond acceptors (Lipinski definition) is 1. The second-order valence-corrected chi connectivity index (χ2v) is 5.67. The number of carbonyl (C=O) groups excluding carboxylic acids is 1. The molecule has 1 saturated carbocycles. The van der Waals surface area contributed by atoms with Crippen LogP contribution in [0.1, 0.15) is 46.5 Å². The highest BCUT2D eigenvalue weighted by Crippen LogP contribution is 2.45. The summed E-state index contributed by atoms with van der Waals surface area (Å²) in [5, 5.41) is 0. The molecule has 0 amide bonds. The lowest BCUT2D eigenvalue weighted by molar-refractivity contribution is -0.115. The molecule has 0 radical (unpaired) electrons. The number of carbonyl (C=O) groups is 1. The van der Waals surface area contributed by atoms with Crippen LogP contribution < -0.4 is 0 Å². The molecule has 1 fully saturated rings. The summed E-state index contributed by atoms with van der Waals surface area (Å²) in [6.07, 6.45) is 6.29.